The number of aromatic nitrogens is 2. The summed E-state index contributed by atoms with van der Waals surface area (Å²) in [7, 11) is 0. The molecule has 1 amide bonds. The first kappa shape index (κ1) is 19.9. The quantitative estimate of drug-likeness (QED) is 0.392. The fraction of sp³-hybridized carbons (Fsp3) is 0.0455. The summed E-state index contributed by atoms with van der Waals surface area (Å²) in [6.45, 7) is 0.0879. The first-order chi connectivity index (χ1) is 14.9. The van der Waals surface area contributed by atoms with Gasteiger partial charge in [0.15, 0.2) is 0 Å². The molecule has 2 aromatic carbocycles. The number of hydrogen-bond acceptors (Lipinski definition) is 5. The van der Waals surface area contributed by atoms with Crippen LogP contribution < -0.4 is 10.9 Å². The molecule has 0 aliphatic carbocycles. The van der Waals surface area contributed by atoms with Crippen molar-refractivity contribution in [3.05, 3.63) is 110 Å². The van der Waals surface area contributed by atoms with Crippen molar-refractivity contribution in [2.75, 3.05) is 5.32 Å². The highest BCUT2D eigenvalue weighted by Crippen LogP contribution is 2.19. The third-order valence-electron chi connectivity index (χ3n) is 4.66. The summed E-state index contributed by atoms with van der Waals surface area (Å²) in [5, 5.41) is 14.1. The van der Waals surface area contributed by atoms with E-state index in [1.165, 1.54) is 53.2 Å². The average molecular weight is 418 g/mol. The van der Waals surface area contributed by atoms with E-state index in [4.69, 9.17) is 0 Å². The molecule has 1 N–H and O–H groups in total. The molecular weight excluding hydrogens is 403 g/mol. The van der Waals surface area contributed by atoms with Crippen LogP contribution in [0, 0.1) is 15.9 Å². The van der Waals surface area contributed by atoms with Crippen molar-refractivity contribution >= 4 is 28.3 Å². The summed E-state index contributed by atoms with van der Waals surface area (Å²) in [5.74, 6) is -1.10. The fourth-order valence-corrected chi connectivity index (χ4v) is 3.18. The van der Waals surface area contributed by atoms with Crippen molar-refractivity contribution in [3.8, 4) is 0 Å². The lowest BCUT2D eigenvalue weighted by Crippen LogP contribution is -2.30. The van der Waals surface area contributed by atoms with Gasteiger partial charge in [0.1, 0.15) is 17.0 Å². The molecule has 0 saturated carbocycles. The molecule has 0 radical (unpaired) electrons. The Morgan fingerprint density at radius 3 is 2.61 bits per heavy atom. The van der Waals surface area contributed by atoms with Gasteiger partial charge in [-0.1, -0.05) is 18.2 Å². The van der Waals surface area contributed by atoms with Gasteiger partial charge in [-0.2, -0.15) is 0 Å². The van der Waals surface area contributed by atoms with E-state index in [1.54, 1.807) is 24.3 Å². The highest BCUT2D eigenvalue weighted by molar-refractivity contribution is 6.05. The van der Waals surface area contributed by atoms with Gasteiger partial charge in [-0.05, 0) is 42.0 Å². The standard InChI is InChI=1S/C22H15FN4O4/c23-16-8-6-14(7-9-16)13-26-20-15(3-2-10-24-20)11-19(22(26)29)21(28)25-17-4-1-5-18(12-17)27(30)31/h1-12H,13H2,(H,25,28). The number of carbonyl (C=O) groups is 1. The third kappa shape index (κ3) is 4.15. The van der Waals surface area contributed by atoms with E-state index in [9.17, 15) is 24.1 Å². The molecule has 0 saturated heterocycles. The minimum atomic E-state index is -0.705. The summed E-state index contributed by atoms with van der Waals surface area (Å²) >= 11 is 0. The molecule has 2 heterocycles. The van der Waals surface area contributed by atoms with Crippen LogP contribution in [0.4, 0.5) is 15.8 Å². The molecule has 4 aromatic rings. The van der Waals surface area contributed by atoms with Crippen LogP contribution >= 0.6 is 0 Å². The summed E-state index contributed by atoms with van der Waals surface area (Å²) in [4.78, 5) is 40.6. The molecule has 4 rings (SSSR count). The van der Waals surface area contributed by atoms with Gasteiger partial charge in [0, 0.05) is 29.4 Å². The van der Waals surface area contributed by atoms with E-state index in [0.29, 0.717) is 16.6 Å². The van der Waals surface area contributed by atoms with Gasteiger partial charge in [-0.25, -0.2) is 9.37 Å². The molecule has 154 valence electrons. The molecule has 0 spiro atoms. The number of fused-ring (bicyclic) bond motifs is 1. The Bertz CT molecular complexity index is 1370. The number of nitro benzene ring substituents is 1. The number of nitrogens with zero attached hydrogens (tertiary/aromatic N) is 3. The van der Waals surface area contributed by atoms with Crippen LogP contribution in [0.5, 0.6) is 0 Å². The van der Waals surface area contributed by atoms with E-state index < -0.39 is 22.2 Å². The minimum Gasteiger partial charge on any atom is -0.322 e. The Morgan fingerprint density at radius 2 is 1.87 bits per heavy atom. The number of rotatable bonds is 5. The second kappa shape index (κ2) is 8.15. The summed E-state index contributed by atoms with van der Waals surface area (Å²) in [6.07, 6.45) is 1.53. The molecule has 0 fully saturated rings. The molecule has 0 aliphatic rings. The number of anilines is 1. The van der Waals surface area contributed by atoms with E-state index in [1.807, 2.05) is 0 Å². The van der Waals surface area contributed by atoms with E-state index in [2.05, 4.69) is 10.3 Å². The van der Waals surface area contributed by atoms with E-state index in [0.717, 1.165) is 0 Å². The number of benzene rings is 2. The fourth-order valence-electron chi connectivity index (χ4n) is 3.18. The normalized spacial score (nSPS) is 10.7. The smallest absolute Gasteiger partial charge is 0.271 e. The van der Waals surface area contributed by atoms with Gasteiger partial charge in [-0.15, -0.1) is 0 Å². The first-order valence-electron chi connectivity index (χ1n) is 9.21. The molecule has 31 heavy (non-hydrogen) atoms. The highest BCUT2D eigenvalue weighted by atomic mass is 19.1. The largest absolute Gasteiger partial charge is 0.322 e. The number of pyridine rings is 2. The van der Waals surface area contributed by atoms with Crippen molar-refractivity contribution in [2.24, 2.45) is 0 Å². The lowest BCUT2D eigenvalue weighted by Gasteiger charge is -2.12. The van der Waals surface area contributed by atoms with Crippen LogP contribution in [-0.2, 0) is 6.54 Å². The van der Waals surface area contributed by atoms with Gasteiger partial charge in [0.05, 0.1) is 11.5 Å². The second-order valence-electron chi connectivity index (χ2n) is 6.75. The zero-order valence-corrected chi connectivity index (χ0v) is 16.0. The Hall–Kier alpha value is -4.40. The van der Waals surface area contributed by atoms with Crippen molar-refractivity contribution in [3.63, 3.8) is 0 Å². The van der Waals surface area contributed by atoms with Gasteiger partial charge < -0.3 is 5.32 Å². The van der Waals surface area contributed by atoms with Crippen molar-refractivity contribution < 1.29 is 14.1 Å². The molecule has 0 aliphatic heterocycles. The zero-order valence-electron chi connectivity index (χ0n) is 16.0. The Labute approximate surface area is 174 Å². The topological polar surface area (TPSA) is 107 Å². The number of amides is 1. The van der Waals surface area contributed by atoms with Crippen molar-refractivity contribution in [1.82, 2.24) is 9.55 Å². The molecule has 2 aromatic heterocycles. The van der Waals surface area contributed by atoms with E-state index in [-0.39, 0.29) is 23.5 Å². The molecule has 0 unspecified atom stereocenters. The number of nitrogens with one attached hydrogen (secondary N) is 1. The number of halogens is 1. The zero-order chi connectivity index (χ0) is 22.0. The van der Waals surface area contributed by atoms with Gasteiger partial charge >= 0.3 is 0 Å². The van der Waals surface area contributed by atoms with Gasteiger partial charge in [0.25, 0.3) is 17.2 Å². The van der Waals surface area contributed by atoms with Crippen LogP contribution in [0.3, 0.4) is 0 Å². The molecule has 8 nitrogen and oxygen atoms in total. The SMILES string of the molecule is O=C(Nc1cccc([N+](=O)[O-])c1)c1cc2cccnc2n(Cc2ccc(F)cc2)c1=O. The maximum atomic E-state index is 13.2. The predicted octanol–water partition coefficient (Wildman–Crippen LogP) is 3.74. The Balaban J connectivity index is 1.76. The summed E-state index contributed by atoms with van der Waals surface area (Å²) in [6, 6.07) is 15.9. The predicted molar refractivity (Wildman–Crippen MR) is 113 cm³/mol. The molecular formula is C22H15FN4O4. The first-order valence-corrected chi connectivity index (χ1v) is 9.21. The highest BCUT2D eigenvalue weighted by Gasteiger charge is 2.18. The number of nitro groups is 1. The molecule has 0 atom stereocenters. The van der Waals surface area contributed by atoms with E-state index >= 15 is 0 Å². The number of non-ortho nitro benzene ring substituents is 1. The molecule has 0 bridgehead atoms. The number of hydrogen-bond donors (Lipinski definition) is 1. The minimum absolute atomic E-state index is 0.0879. The third-order valence-corrected chi connectivity index (χ3v) is 4.66. The van der Waals surface area contributed by atoms with Crippen LogP contribution in [-0.4, -0.2) is 20.4 Å². The molecule has 9 heteroatoms. The Morgan fingerprint density at radius 1 is 1.10 bits per heavy atom. The average Bonchev–Trinajstić information content (AvgIpc) is 2.77. The number of carbonyl (C=O) groups excluding carboxylic acids is 1. The van der Waals surface area contributed by atoms with Crippen LogP contribution in [0.15, 0.2) is 77.7 Å². The van der Waals surface area contributed by atoms with Gasteiger partial charge in [-0.3, -0.25) is 24.3 Å². The van der Waals surface area contributed by atoms with Crippen LogP contribution in [0.2, 0.25) is 0 Å². The monoisotopic (exact) mass is 418 g/mol. The summed E-state index contributed by atoms with van der Waals surface area (Å²) in [5.41, 5.74) is 0.312. The Kier molecular flexibility index (Phi) is 5.23. The van der Waals surface area contributed by atoms with Crippen molar-refractivity contribution in [2.45, 2.75) is 6.54 Å². The second-order valence-corrected chi connectivity index (χ2v) is 6.75. The van der Waals surface area contributed by atoms with Crippen LogP contribution in [0.25, 0.3) is 11.0 Å². The lowest BCUT2D eigenvalue weighted by molar-refractivity contribution is -0.384. The van der Waals surface area contributed by atoms with Crippen molar-refractivity contribution in [1.29, 1.82) is 0 Å². The van der Waals surface area contributed by atoms with Gasteiger partial charge in [0.2, 0.25) is 0 Å². The lowest BCUT2D eigenvalue weighted by atomic mass is 10.1. The maximum absolute atomic E-state index is 13.2. The van der Waals surface area contributed by atoms with Crippen LogP contribution in [0.1, 0.15) is 15.9 Å². The maximum Gasteiger partial charge on any atom is 0.271 e. The summed E-state index contributed by atoms with van der Waals surface area (Å²) < 4.78 is 14.6.